The lowest BCUT2D eigenvalue weighted by Gasteiger charge is -2.34. The minimum atomic E-state index is -4.26. The molecular formula is C15H18F3N. The van der Waals surface area contributed by atoms with E-state index in [1.165, 1.54) is 19.3 Å². The van der Waals surface area contributed by atoms with Crippen LogP contribution in [-0.2, 0) is 12.6 Å². The number of benzene rings is 1. The lowest BCUT2D eigenvalue weighted by molar-refractivity contribution is -0.137. The number of hydrogen-bond donors (Lipinski definition) is 1. The SMILES string of the molecule is NC1(Cc2ccc(C(F)(F)F)cc2)CC2CCC1C2. The maximum absolute atomic E-state index is 12.5. The van der Waals surface area contributed by atoms with Crippen LogP contribution in [0.15, 0.2) is 24.3 Å². The summed E-state index contributed by atoms with van der Waals surface area (Å²) in [6.45, 7) is 0. The smallest absolute Gasteiger partial charge is 0.325 e. The summed E-state index contributed by atoms with van der Waals surface area (Å²) in [5, 5.41) is 0. The van der Waals surface area contributed by atoms with E-state index in [0.29, 0.717) is 12.3 Å². The van der Waals surface area contributed by atoms with Gasteiger partial charge >= 0.3 is 6.18 Å². The molecule has 1 nitrogen and oxygen atoms in total. The summed E-state index contributed by atoms with van der Waals surface area (Å²) >= 11 is 0. The molecule has 1 aromatic carbocycles. The molecule has 0 aromatic heterocycles. The van der Waals surface area contributed by atoms with Crippen LogP contribution in [0.1, 0.15) is 36.8 Å². The van der Waals surface area contributed by atoms with Crippen molar-refractivity contribution in [1.29, 1.82) is 0 Å². The summed E-state index contributed by atoms with van der Waals surface area (Å²) in [5.74, 6) is 1.30. The Morgan fingerprint density at radius 1 is 1.16 bits per heavy atom. The Hall–Kier alpha value is -1.03. The summed E-state index contributed by atoms with van der Waals surface area (Å²) in [5.41, 5.74) is 6.62. The molecule has 2 N–H and O–H groups in total. The van der Waals surface area contributed by atoms with Gasteiger partial charge in [0.25, 0.3) is 0 Å². The van der Waals surface area contributed by atoms with Gasteiger partial charge in [-0.1, -0.05) is 18.6 Å². The van der Waals surface area contributed by atoms with Gasteiger partial charge in [0.1, 0.15) is 0 Å². The number of halogens is 3. The van der Waals surface area contributed by atoms with Gasteiger partial charge in [0.15, 0.2) is 0 Å². The minimum absolute atomic E-state index is 0.192. The van der Waals surface area contributed by atoms with Crippen LogP contribution in [0.5, 0.6) is 0 Å². The van der Waals surface area contributed by atoms with E-state index in [9.17, 15) is 13.2 Å². The Morgan fingerprint density at radius 2 is 1.84 bits per heavy atom. The highest BCUT2D eigenvalue weighted by atomic mass is 19.4. The van der Waals surface area contributed by atoms with Crippen molar-refractivity contribution in [3.05, 3.63) is 35.4 Å². The predicted octanol–water partition coefficient (Wildman–Crippen LogP) is 3.77. The van der Waals surface area contributed by atoms with Gasteiger partial charge < -0.3 is 5.73 Å². The van der Waals surface area contributed by atoms with Crippen molar-refractivity contribution in [2.75, 3.05) is 0 Å². The normalized spacial score (nSPS) is 33.9. The Labute approximate surface area is 111 Å². The van der Waals surface area contributed by atoms with Crippen LogP contribution in [-0.4, -0.2) is 5.54 Å². The molecule has 2 fully saturated rings. The Morgan fingerprint density at radius 3 is 2.32 bits per heavy atom. The monoisotopic (exact) mass is 269 g/mol. The molecule has 0 heterocycles. The average Bonchev–Trinajstić information content (AvgIpc) is 2.88. The maximum atomic E-state index is 12.5. The molecule has 1 aromatic rings. The van der Waals surface area contributed by atoms with Gasteiger partial charge in [0.2, 0.25) is 0 Å². The zero-order valence-corrected chi connectivity index (χ0v) is 10.7. The van der Waals surface area contributed by atoms with Crippen LogP contribution in [0.3, 0.4) is 0 Å². The van der Waals surface area contributed by atoms with E-state index in [0.717, 1.165) is 30.0 Å². The summed E-state index contributed by atoms with van der Waals surface area (Å²) in [4.78, 5) is 0. The van der Waals surface area contributed by atoms with Gasteiger partial charge in [-0.2, -0.15) is 13.2 Å². The highest BCUT2D eigenvalue weighted by molar-refractivity contribution is 5.27. The van der Waals surface area contributed by atoms with Crippen molar-refractivity contribution in [2.24, 2.45) is 17.6 Å². The second-order valence-corrected chi connectivity index (χ2v) is 6.18. The first kappa shape index (κ1) is 13.0. The number of alkyl halides is 3. The molecule has 2 saturated carbocycles. The van der Waals surface area contributed by atoms with Crippen LogP contribution < -0.4 is 5.73 Å². The van der Waals surface area contributed by atoms with Crippen molar-refractivity contribution in [2.45, 2.75) is 43.8 Å². The number of hydrogen-bond acceptors (Lipinski definition) is 1. The van der Waals surface area contributed by atoms with Crippen LogP contribution in [0.4, 0.5) is 13.2 Å². The largest absolute Gasteiger partial charge is 0.416 e. The van der Waals surface area contributed by atoms with Crippen LogP contribution >= 0.6 is 0 Å². The number of rotatable bonds is 2. The van der Waals surface area contributed by atoms with E-state index >= 15 is 0 Å². The van der Waals surface area contributed by atoms with Gasteiger partial charge in [-0.15, -0.1) is 0 Å². The molecule has 3 atom stereocenters. The van der Waals surface area contributed by atoms with Crippen molar-refractivity contribution >= 4 is 0 Å². The molecule has 3 rings (SSSR count). The molecule has 0 radical (unpaired) electrons. The molecule has 2 aliphatic carbocycles. The van der Waals surface area contributed by atoms with Crippen molar-refractivity contribution in [3.8, 4) is 0 Å². The van der Waals surface area contributed by atoms with E-state index in [1.54, 1.807) is 12.1 Å². The lowest BCUT2D eigenvalue weighted by Crippen LogP contribution is -2.46. The molecule has 0 saturated heterocycles. The second kappa shape index (κ2) is 4.23. The van der Waals surface area contributed by atoms with E-state index in [-0.39, 0.29) is 5.54 Å². The van der Waals surface area contributed by atoms with Crippen molar-refractivity contribution in [1.82, 2.24) is 0 Å². The topological polar surface area (TPSA) is 26.0 Å². The molecule has 104 valence electrons. The molecule has 4 heteroatoms. The van der Waals surface area contributed by atoms with E-state index in [1.807, 2.05) is 0 Å². The van der Waals surface area contributed by atoms with Gasteiger partial charge in [0.05, 0.1) is 5.56 Å². The first-order valence-electron chi connectivity index (χ1n) is 6.82. The van der Waals surface area contributed by atoms with E-state index < -0.39 is 11.7 Å². The molecule has 2 bridgehead atoms. The zero-order valence-electron chi connectivity index (χ0n) is 10.7. The van der Waals surface area contributed by atoms with Crippen LogP contribution in [0, 0.1) is 11.8 Å². The standard InChI is InChI=1S/C15H18F3N/c16-15(17,18)12-4-1-10(2-5-12)8-14(19)9-11-3-6-13(14)7-11/h1-2,4-5,11,13H,3,6-9,19H2. The Balaban J connectivity index is 1.74. The van der Waals surface area contributed by atoms with Crippen molar-refractivity contribution in [3.63, 3.8) is 0 Å². The third kappa shape index (κ3) is 2.38. The first-order chi connectivity index (χ1) is 8.87. The first-order valence-corrected chi connectivity index (χ1v) is 6.82. The maximum Gasteiger partial charge on any atom is 0.416 e. The second-order valence-electron chi connectivity index (χ2n) is 6.18. The highest BCUT2D eigenvalue weighted by Crippen LogP contribution is 2.50. The third-order valence-electron chi connectivity index (χ3n) is 4.84. The molecule has 0 spiro atoms. The summed E-state index contributed by atoms with van der Waals surface area (Å²) in [7, 11) is 0. The van der Waals surface area contributed by atoms with Crippen LogP contribution in [0.25, 0.3) is 0 Å². The van der Waals surface area contributed by atoms with Gasteiger partial charge in [-0.05, 0) is 55.2 Å². The average molecular weight is 269 g/mol. The lowest BCUT2D eigenvalue weighted by atomic mass is 9.77. The molecular weight excluding hydrogens is 251 g/mol. The number of nitrogens with two attached hydrogens (primary N) is 1. The quantitative estimate of drug-likeness (QED) is 0.869. The van der Waals surface area contributed by atoms with Crippen molar-refractivity contribution < 1.29 is 13.2 Å². The summed E-state index contributed by atoms with van der Waals surface area (Å²) < 4.78 is 37.5. The minimum Gasteiger partial charge on any atom is -0.325 e. The van der Waals surface area contributed by atoms with E-state index in [2.05, 4.69) is 0 Å². The molecule has 0 aliphatic heterocycles. The van der Waals surface area contributed by atoms with E-state index in [4.69, 9.17) is 5.73 Å². The Bertz CT molecular complexity index is 465. The number of fused-ring (bicyclic) bond motifs is 2. The fraction of sp³-hybridized carbons (Fsp3) is 0.600. The fourth-order valence-corrected chi connectivity index (χ4v) is 3.89. The Kier molecular flexibility index (Phi) is 2.89. The van der Waals surface area contributed by atoms with Gasteiger partial charge in [-0.3, -0.25) is 0 Å². The third-order valence-corrected chi connectivity index (χ3v) is 4.84. The zero-order chi connectivity index (χ0) is 13.7. The molecule has 19 heavy (non-hydrogen) atoms. The molecule has 3 unspecified atom stereocenters. The van der Waals surface area contributed by atoms with Gasteiger partial charge in [0, 0.05) is 5.54 Å². The van der Waals surface area contributed by atoms with Crippen LogP contribution in [0.2, 0.25) is 0 Å². The summed E-state index contributed by atoms with van der Waals surface area (Å²) in [6.07, 6.45) is 1.13. The van der Waals surface area contributed by atoms with Gasteiger partial charge in [-0.25, -0.2) is 0 Å². The highest BCUT2D eigenvalue weighted by Gasteiger charge is 2.48. The fourth-order valence-electron chi connectivity index (χ4n) is 3.89. The summed E-state index contributed by atoms with van der Waals surface area (Å²) in [6, 6.07) is 5.46. The molecule has 0 amide bonds. The predicted molar refractivity (Wildman–Crippen MR) is 67.5 cm³/mol. The molecule has 2 aliphatic rings.